The first-order chi connectivity index (χ1) is 18.2. The van der Waals surface area contributed by atoms with Crippen LogP contribution in [0.3, 0.4) is 0 Å². The molecular weight excluding hydrogens is 507 g/mol. The number of aromatic hydroxyl groups is 1. The van der Waals surface area contributed by atoms with E-state index in [0.29, 0.717) is 27.5 Å². The maximum absolute atomic E-state index is 13.0. The molecule has 38 heavy (non-hydrogen) atoms. The predicted octanol–water partition coefficient (Wildman–Crippen LogP) is 8.75. The van der Waals surface area contributed by atoms with Gasteiger partial charge in [-0.3, -0.25) is 0 Å². The molecule has 1 fully saturated rings. The Morgan fingerprint density at radius 1 is 1.08 bits per heavy atom. The lowest BCUT2D eigenvalue weighted by molar-refractivity contribution is -0.137. The molecular formula is C31H30F3NO2S. The number of phenolic OH excluding ortho intramolecular Hbond substituents is 1. The van der Waals surface area contributed by atoms with Gasteiger partial charge in [0.05, 0.1) is 10.4 Å². The Hall–Kier alpha value is -3.29. The maximum Gasteiger partial charge on any atom is 0.416 e. The second kappa shape index (κ2) is 10.8. The standard InChI is InChI=1S/C31H30F3NO2S/c1-20-15-17-35(19-20)16-3-4-22-5-12-26(13-6-22)37-29-27-14-11-25(36)18-28(27)38-30(29)21(2)23-7-9-24(10-8-23)31(32,33)34/h5-14,18,20,36H,2-4,15-17,19H2,1H3/t20-/m0/s1. The van der Waals surface area contributed by atoms with Crippen LogP contribution in [0.4, 0.5) is 13.2 Å². The van der Waals surface area contributed by atoms with Gasteiger partial charge in [0, 0.05) is 16.6 Å². The zero-order chi connectivity index (χ0) is 26.9. The van der Waals surface area contributed by atoms with E-state index < -0.39 is 11.7 Å². The number of phenols is 1. The van der Waals surface area contributed by atoms with E-state index >= 15 is 0 Å². The van der Waals surface area contributed by atoms with Gasteiger partial charge in [-0.15, -0.1) is 11.3 Å². The van der Waals surface area contributed by atoms with Crippen molar-refractivity contribution in [2.75, 3.05) is 19.6 Å². The molecule has 4 aromatic rings. The minimum absolute atomic E-state index is 0.129. The van der Waals surface area contributed by atoms with Gasteiger partial charge in [0.15, 0.2) is 5.75 Å². The van der Waals surface area contributed by atoms with Crippen LogP contribution in [-0.2, 0) is 12.6 Å². The highest BCUT2D eigenvalue weighted by molar-refractivity contribution is 7.20. The van der Waals surface area contributed by atoms with Gasteiger partial charge < -0.3 is 14.7 Å². The van der Waals surface area contributed by atoms with E-state index in [1.54, 1.807) is 18.2 Å². The van der Waals surface area contributed by atoms with Crippen molar-refractivity contribution in [3.8, 4) is 17.2 Å². The van der Waals surface area contributed by atoms with Gasteiger partial charge in [-0.05, 0) is 97.4 Å². The highest BCUT2D eigenvalue weighted by Gasteiger charge is 2.30. The highest BCUT2D eigenvalue weighted by Crippen LogP contribution is 2.46. The monoisotopic (exact) mass is 537 g/mol. The van der Waals surface area contributed by atoms with Crippen LogP contribution in [0.15, 0.2) is 73.3 Å². The van der Waals surface area contributed by atoms with E-state index in [-0.39, 0.29) is 5.75 Å². The summed E-state index contributed by atoms with van der Waals surface area (Å²) in [5, 5.41) is 10.8. The lowest BCUT2D eigenvalue weighted by Gasteiger charge is -2.15. The molecule has 0 saturated carbocycles. The van der Waals surface area contributed by atoms with Crippen molar-refractivity contribution in [1.82, 2.24) is 4.90 Å². The molecule has 1 aromatic heterocycles. The van der Waals surface area contributed by atoms with Gasteiger partial charge in [-0.1, -0.05) is 37.8 Å². The lowest BCUT2D eigenvalue weighted by Crippen LogP contribution is -2.21. The zero-order valence-corrected chi connectivity index (χ0v) is 22.0. The molecule has 1 N–H and O–H groups in total. The molecule has 0 spiro atoms. The largest absolute Gasteiger partial charge is 0.508 e. The smallest absolute Gasteiger partial charge is 0.416 e. The Balaban J connectivity index is 1.35. The van der Waals surface area contributed by atoms with E-state index in [1.807, 2.05) is 12.1 Å². The van der Waals surface area contributed by atoms with Crippen LogP contribution >= 0.6 is 11.3 Å². The van der Waals surface area contributed by atoms with E-state index in [9.17, 15) is 18.3 Å². The van der Waals surface area contributed by atoms with Crippen LogP contribution in [0, 0.1) is 5.92 Å². The molecule has 7 heteroatoms. The third-order valence-corrected chi connectivity index (χ3v) is 8.25. The fraction of sp³-hybridized carbons (Fsp3) is 0.290. The van der Waals surface area contributed by atoms with Gasteiger partial charge in [0.2, 0.25) is 0 Å². The normalized spacial score (nSPS) is 16.3. The summed E-state index contributed by atoms with van der Waals surface area (Å²) < 4.78 is 46.3. The van der Waals surface area contributed by atoms with Gasteiger partial charge in [-0.25, -0.2) is 0 Å². The molecule has 3 nitrogen and oxygen atoms in total. The number of likely N-dealkylation sites (tertiary alicyclic amines) is 1. The number of aryl methyl sites for hydroxylation is 1. The number of thiophene rings is 1. The second-order valence-electron chi connectivity index (χ2n) is 10.0. The number of hydrogen-bond acceptors (Lipinski definition) is 4. The molecule has 0 aliphatic carbocycles. The topological polar surface area (TPSA) is 32.7 Å². The van der Waals surface area contributed by atoms with Crippen LogP contribution in [0.5, 0.6) is 17.2 Å². The predicted molar refractivity (Wildman–Crippen MR) is 148 cm³/mol. The van der Waals surface area contributed by atoms with Crippen molar-refractivity contribution in [3.63, 3.8) is 0 Å². The Labute approximate surface area is 224 Å². The maximum atomic E-state index is 13.0. The van der Waals surface area contributed by atoms with Crippen molar-refractivity contribution in [2.24, 2.45) is 5.92 Å². The molecule has 0 unspecified atom stereocenters. The molecule has 198 valence electrons. The first-order valence-electron chi connectivity index (χ1n) is 12.8. The van der Waals surface area contributed by atoms with Gasteiger partial charge in [-0.2, -0.15) is 13.2 Å². The van der Waals surface area contributed by atoms with Crippen LogP contribution in [0.25, 0.3) is 15.7 Å². The van der Waals surface area contributed by atoms with E-state index in [1.165, 1.54) is 48.5 Å². The number of ether oxygens (including phenoxy) is 1. The van der Waals surface area contributed by atoms with Crippen LogP contribution in [-0.4, -0.2) is 29.6 Å². The fourth-order valence-corrected chi connectivity index (χ4v) is 6.09. The Morgan fingerprint density at radius 3 is 2.47 bits per heavy atom. The summed E-state index contributed by atoms with van der Waals surface area (Å²) in [7, 11) is 0. The third kappa shape index (κ3) is 5.89. The average molecular weight is 538 g/mol. The number of rotatable bonds is 8. The second-order valence-corrected chi connectivity index (χ2v) is 11.1. The van der Waals surface area contributed by atoms with Gasteiger partial charge in [0.25, 0.3) is 0 Å². The van der Waals surface area contributed by atoms with Crippen molar-refractivity contribution < 1.29 is 23.0 Å². The number of halogens is 3. The fourth-order valence-electron chi connectivity index (χ4n) is 4.93. The molecule has 0 bridgehead atoms. The molecule has 0 radical (unpaired) electrons. The third-order valence-electron chi connectivity index (χ3n) is 7.05. The van der Waals surface area contributed by atoms with Crippen molar-refractivity contribution >= 4 is 27.0 Å². The molecule has 5 rings (SSSR count). The first kappa shape index (κ1) is 26.3. The highest BCUT2D eigenvalue weighted by atomic mass is 32.1. The molecule has 2 heterocycles. The number of alkyl halides is 3. The first-order valence-corrected chi connectivity index (χ1v) is 13.6. The molecule has 3 aromatic carbocycles. The van der Waals surface area contributed by atoms with Crippen molar-refractivity contribution in [3.05, 3.63) is 94.9 Å². The molecule has 1 atom stereocenters. The summed E-state index contributed by atoms with van der Waals surface area (Å²) in [6.07, 6.45) is -0.997. The lowest BCUT2D eigenvalue weighted by atomic mass is 10.0. The summed E-state index contributed by atoms with van der Waals surface area (Å²) >= 11 is 1.38. The summed E-state index contributed by atoms with van der Waals surface area (Å²) in [5.41, 5.74) is 1.67. The van der Waals surface area contributed by atoms with Crippen LogP contribution < -0.4 is 4.74 Å². The number of benzene rings is 3. The van der Waals surface area contributed by atoms with E-state index in [0.717, 1.165) is 47.5 Å². The van der Waals surface area contributed by atoms with Crippen LogP contribution in [0.2, 0.25) is 0 Å². The Bertz CT molecular complexity index is 1420. The van der Waals surface area contributed by atoms with Crippen molar-refractivity contribution in [2.45, 2.75) is 32.4 Å². The van der Waals surface area contributed by atoms with Gasteiger partial charge >= 0.3 is 6.18 Å². The summed E-state index contributed by atoms with van der Waals surface area (Å²) in [5.74, 6) is 2.16. The molecule has 1 aliphatic rings. The number of nitrogens with zero attached hydrogens (tertiary/aromatic N) is 1. The molecule has 1 aliphatic heterocycles. The summed E-state index contributed by atoms with van der Waals surface area (Å²) in [4.78, 5) is 3.24. The SMILES string of the molecule is C=C(c1ccc(C(F)(F)F)cc1)c1sc2cc(O)ccc2c1Oc1ccc(CCCN2CC[C@H](C)C2)cc1. The van der Waals surface area contributed by atoms with E-state index in [2.05, 4.69) is 30.5 Å². The number of hydrogen-bond donors (Lipinski definition) is 1. The summed E-state index contributed by atoms with van der Waals surface area (Å²) in [6.45, 7) is 9.99. The average Bonchev–Trinajstić information content (AvgIpc) is 3.46. The van der Waals surface area contributed by atoms with Crippen LogP contribution in [0.1, 0.15) is 41.3 Å². The minimum Gasteiger partial charge on any atom is -0.508 e. The zero-order valence-electron chi connectivity index (χ0n) is 21.2. The van der Waals surface area contributed by atoms with Crippen molar-refractivity contribution in [1.29, 1.82) is 0 Å². The Kier molecular flexibility index (Phi) is 7.50. The molecule has 0 amide bonds. The minimum atomic E-state index is -4.40. The van der Waals surface area contributed by atoms with E-state index in [4.69, 9.17) is 4.74 Å². The quantitative estimate of drug-likeness (QED) is 0.244. The number of fused-ring (bicyclic) bond motifs is 1. The molecule has 1 saturated heterocycles. The van der Waals surface area contributed by atoms with Gasteiger partial charge in [0.1, 0.15) is 11.5 Å². The Morgan fingerprint density at radius 2 is 1.82 bits per heavy atom. The summed E-state index contributed by atoms with van der Waals surface area (Å²) in [6, 6.07) is 18.0.